The minimum Gasteiger partial charge on any atom is -0.302 e. The van der Waals surface area contributed by atoms with Crippen molar-refractivity contribution in [3.05, 3.63) is 62.6 Å². The zero-order valence-corrected chi connectivity index (χ0v) is 17.8. The summed E-state index contributed by atoms with van der Waals surface area (Å²) in [7, 11) is 0. The number of nitro benzene ring substituents is 1. The lowest BCUT2D eigenvalue weighted by Gasteiger charge is -2.07. The Morgan fingerprint density at radius 1 is 1.33 bits per heavy atom. The maximum atomic E-state index is 12.2. The standard InChI is InChI=1S/C20H17N5O3S2/c1-12-8-13(2)22-19(16(12)10-21)29-7-6-18(26)24-20-23-17(11-30-20)14-4-3-5-15(9-14)25(27)28/h3-5,8-9,11H,6-7H2,1-2H3,(H,23,24,26). The molecule has 8 nitrogen and oxygen atoms in total. The number of aryl methyl sites for hydroxylation is 2. The van der Waals surface area contributed by atoms with Crippen LogP contribution in [0.4, 0.5) is 10.8 Å². The number of amides is 1. The number of anilines is 1. The Morgan fingerprint density at radius 2 is 2.13 bits per heavy atom. The monoisotopic (exact) mass is 439 g/mol. The molecule has 3 aromatic rings. The summed E-state index contributed by atoms with van der Waals surface area (Å²) in [5.41, 5.74) is 3.39. The zero-order chi connectivity index (χ0) is 21.7. The van der Waals surface area contributed by atoms with E-state index in [1.807, 2.05) is 19.9 Å². The van der Waals surface area contributed by atoms with Crippen molar-refractivity contribution in [1.29, 1.82) is 5.26 Å². The Labute approximate surface area is 181 Å². The number of rotatable bonds is 7. The van der Waals surface area contributed by atoms with E-state index in [0.29, 0.717) is 32.7 Å². The molecule has 0 aliphatic heterocycles. The van der Waals surface area contributed by atoms with Gasteiger partial charge in [-0.05, 0) is 25.5 Å². The molecule has 1 N–H and O–H groups in total. The van der Waals surface area contributed by atoms with E-state index in [1.165, 1.54) is 35.2 Å². The molecular weight excluding hydrogens is 422 g/mol. The average Bonchev–Trinajstić information content (AvgIpc) is 3.16. The molecule has 0 saturated heterocycles. The highest BCUT2D eigenvalue weighted by molar-refractivity contribution is 7.99. The second kappa shape index (κ2) is 9.47. The molecule has 1 aromatic carbocycles. The van der Waals surface area contributed by atoms with E-state index >= 15 is 0 Å². The van der Waals surface area contributed by atoms with Gasteiger partial charge in [-0.25, -0.2) is 9.97 Å². The van der Waals surface area contributed by atoms with Gasteiger partial charge in [0.25, 0.3) is 5.69 Å². The molecule has 0 aliphatic rings. The normalized spacial score (nSPS) is 10.4. The highest BCUT2D eigenvalue weighted by atomic mass is 32.2. The van der Waals surface area contributed by atoms with E-state index < -0.39 is 4.92 Å². The summed E-state index contributed by atoms with van der Waals surface area (Å²) in [6, 6.07) is 10.2. The molecule has 2 heterocycles. The topological polar surface area (TPSA) is 122 Å². The van der Waals surface area contributed by atoms with Gasteiger partial charge in [-0.15, -0.1) is 23.1 Å². The quantitative estimate of drug-likeness (QED) is 0.321. The van der Waals surface area contributed by atoms with Crippen LogP contribution in [0.3, 0.4) is 0 Å². The number of carbonyl (C=O) groups is 1. The third kappa shape index (κ3) is 5.20. The van der Waals surface area contributed by atoms with Crippen molar-refractivity contribution in [3.8, 4) is 17.3 Å². The van der Waals surface area contributed by atoms with Crippen LogP contribution in [-0.4, -0.2) is 26.6 Å². The van der Waals surface area contributed by atoms with Gasteiger partial charge in [0.05, 0.1) is 16.2 Å². The molecular formula is C20H17N5O3S2. The number of aromatic nitrogens is 2. The molecule has 3 rings (SSSR count). The number of nitrogens with zero attached hydrogens (tertiary/aromatic N) is 4. The summed E-state index contributed by atoms with van der Waals surface area (Å²) in [6.45, 7) is 3.73. The molecule has 0 spiro atoms. The van der Waals surface area contributed by atoms with Crippen molar-refractivity contribution in [3.63, 3.8) is 0 Å². The van der Waals surface area contributed by atoms with Crippen molar-refractivity contribution in [2.45, 2.75) is 25.3 Å². The van der Waals surface area contributed by atoms with Gasteiger partial charge >= 0.3 is 0 Å². The average molecular weight is 440 g/mol. The van der Waals surface area contributed by atoms with E-state index in [4.69, 9.17) is 0 Å². The second-order valence-electron chi connectivity index (χ2n) is 6.36. The zero-order valence-electron chi connectivity index (χ0n) is 16.2. The SMILES string of the molecule is Cc1cc(C)c(C#N)c(SCCC(=O)Nc2nc(-c3cccc([N+](=O)[O-])c3)cs2)n1. The number of non-ortho nitro benzene ring substituents is 1. The first kappa shape index (κ1) is 21.4. The summed E-state index contributed by atoms with van der Waals surface area (Å²) < 4.78 is 0. The number of thiazole rings is 1. The summed E-state index contributed by atoms with van der Waals surface area (Å²) in [4.78, 5) is 31.4. The number of carbonyl (C=O) groups excluding carboxylic acids is 1. The number of nitriles is 1. The van der Waals surface area contributed by atoms with Gasteiger partial charge in [0.1, 0.15) is 11.1 Å². The van der Waals surface area contributed by atoms with Crippen LogP contribution < -0.4 is 5.32 Å². The lowest BCUT2D eigenvalue weighted by Crippen LogP contribution is -2.12. The highest BCUT2D eigenvalue weighted by Crippen LogP contribution is 2.28. The van der Waals surface area contributed by atoms with Crippen LogP contribution in [0.15, 0.2) is 40.7 Å². The van der Waals surface area contributed by atoms with E-state index in [2.05, 4.69) is 21.4 Å². The fourth-order valence-electron chi connectivity index (χ4n) is 2.71. The first-order valence-corrected chi connectivity index (χ1v) is 10.7. The van der Waals surface area contributed by atoms with Gasteiger partial charge in [0.15, 0.2) is 5.13 Å². The maximum absolute atomic E-state index is 12.2. The van der Waals surface area contributed by atoms with Crippen LogP contribution in [-0.2, 0) is 4.79 Å². The second-order valence-corrected chi connectivity index (χ2v) is 8.31. The Morgan fingerprint density at radius 3 is 2.87 bits per heavy atom. The van der Waals surface area contributed by atoms with Crippen LogP contribution in [0.1, 0.15) is 23.2 Å². The molecule has 0 fully saturated rings. The Kier molecular flexibility index (Phi) is 6.76. The van der Waals surface area contributed by atoms with Crippen LogP contribution in [0, 0.1) is 35.3 Å². The van der Waals surface area contributed by atoms with Crippen LogP contribution in [0.25, 0.3) is 11.3 Å². The fourth-order valence-corrected chi connectivity index (χ4v) is 4.48. The van der Waals surface area contributed by atoms with Crippen molar-refractivity contribution < 1.29 is 9.72 Å². The van der Waals surface area contributed by atoms with Crippen molar-refractivity contribution in [2.24, 2.45) is 0 Å². The number of pyridine rings is 1. The predicted molar refractivity (Wildman–Crippen MR) is 117 cm³/mol. The summed E-state index contributed by atoms with van der Waals surface area (Å²) >= 11 is 2.62. The Hall–Kier alpha value is -3.29. The minimum atomic E-state index is -0.460. The largest absolute Gasteiger partial charge is 0.302 e. The third-order valence-electron chi connectivity index (χ3n) is 4.09. The van der Waals surface area contributed by atoms with Gasteiger partial charge < -0.3 is 5.32 Å². The van der Waals surface area contributed by atoms with Crippen molar-refractivity contribution in [2.75, 3.05) is 11.1 Å². The number of hydrogen-bond donors (Lipinski definition) is 1. The number of thioether (sulfide) groups is 1. The third-order valence-corrected chi connectivity index (χ3v) is 5.83. The van der Waals surface area contributed by atoms with Crippen LogP contribution >= 0.6 is 23.1 Å². The number of nitrogens with one attached hydrogen (secondary N) is 1. The van der Waals surface area contributed by atoms with Crippen molar-refractivity contribution >= 4 is 39.8 Å². The molecule has 0 unspecified atom stereocenters. The van der Waals surface area contributed by atoms with Crippen molar-refractivity contribution in [1.82, 2.24) is 9.97 Å². The highest BCUT2D eigenvalue weighted by Gasteiger charge is 2.13. The molecule has 0 atom stereocenters. The number of benzene rings is 1. The summed E-state index contributed by atoms with van der Waals surface area (Å²) in [5.74, 6) is 0.268. The smallest absolute Gasteiger partial charge is 0.270 e. The van der Waals surface area contributed by atoms with E-state index in [0.717, 1.165) is 11.3 Å². The van der Waals surface area contributed by atoms with Gasteiger partial charge in [-0.3, -0.25) is 14.9 Å². The van der Waals surface area contributed by atoms with Gasteiger partial charge in [-0.2, -0.15) is 5.26 Å². The molecule has 1 amide bonds. The molecule has 2 aromatic heterocycles. The van der Waals surface area contributed by atoms with Gasteiger partial charge in [0, 0.05) is 40.9 Å². The van der Waals surface area contributed by atoms with Gasteiger partial charge in [0.2, 0.25) is 5.91 Å². The lowest BCUT2D eigenvalue weighted by atomic mass is 10.1. The molecule has 152 valence electrons. The van der Waals surface area contributed by atoms with Crippen LogP contribution in [0.2, 0.25) is 0 Å². The predicted octanol–water partition coefficient (Wildman–Crippen LogP) is 4.72. The number of hydrogen-bond acceptors (Lipinski definition) is 8. The van der Waals surface area contributed by atoms with E-state index in [9.17, 15) is 20.2 Å². The van der Waals surface area contributed by atoms with E-state index in [-0.39, 0.29) is 18.0 Å². The molecule has 0 aliphatic carbocycles. The first-order chi connectivity index (χ1) is 14.4. The molecule has 0 radical (unpaired) electrons. The molecule has 10 heteroatoms. The Bertz CT molecular complexity index is 1150. The van der Waals surface area contributed by atoms with E-state index in [1.54, 1.807) is 17.5 Å². The Balaban J connectivity index is 1.59. The molecule has 30 heavy (non-hydrogen) atoms. The minimum absolute atomic E-state index is 0.0140. The number of nitro groups is 1. The fraction of sp³-hybridized carbons (Fsp3) is 0.200. The first-order valence-electron chi connectivity index (χ1n) is 8.88. The van der Waals surface area contributed by atoms with Crippen LogP contribution in [0.5, 0.6) is 0 Å². The molecule has 0 saturated carbocycles. The maximum Gasteiger partial charge on any atom is 0.270 e. The lowest BCUT2D eigenvalue weighted by molar-refractivity contribution is -0.384. The van der Waals surface area contributed by atoms with Gasteiger partial charge in [-0.1, -0.05) is 12.1 Å². The molecule has 0 bridgehead atoms. The summed E-state index contributed by atoms with van der Waals surface area (Å²) in [5, 5.41) is 25.8. The summed E-state index contributed by atoms with van der Waals surface area (Å²) in [6.07, 6.45) is 0.232.